The lowest BCUT2D eigenvalue weighted by Crippen LogP contribution is -2.12. The van der Waals surface area contributed by atoms with Crippen LogP contribution in [0.5, 0.6) is 5.75 Å². The highest BCUT2D eigenvalue weighted by molar-refractivity contribution is 5.45. The largest absolute Gasteiger partial charge is 0.496 e. The molecule has 2 unspecified atom stereocenters. The maximum absolute atomic E-state index is 5.35. The van der Waals surface area contributed by atoms with Crippen LogP contribution < -0.4 is 10.1 Å². The van der Waals surface area contributed by atoms with Crippen LogP contribution in [0, 0.1) is 0 Å². The zero-order valence-corrected chi connectivity index (χ0v) is 7.71. The first-order valence-corrected chi connectivity index (χ1v) is 4.79. The number of nitrogens with one attached hydrogen (secondary N) is 1. The summed E-state index contributed by atoms with van der Waals surface area (Å²) < 4.78 is 5.35. The summed E-state index contributed by atoms with van der Waals surface area (Å²) in [6.07, 6.45) is 2.32. The fourth-order valence-electron chi connectivity index (χ4n) is 2.30. The van der Waals surface area contributed by atoms with Gasteiger partial charge in [0.1, 0.15) is 5.75 Å². The Bertz CT molecular complexity index is 348. The van der Waals surface area contributed by atoms with Crippen LogP contribution in [0.15, 0.2) is 18.2 Å². The van der Waals surface area contributed by atoms with Gasteiger partial charge in [-0.25, -0.2) is 0 Å². The van der Waals surface area contributed by atoms with E-state index < -0.39 is 0 Å². The Kier molecular flexibility index (Phi) is 1.41. The molecule has 3 rings (SSSR count). The third-order valence-electron chi connectivity index (χ3n) is 3.12. The summed E-state index contributed by atoms with van der Waals surface area (Å²) in [7, 11) is 1.75. The van der Waals surface area contributed by atoms with Crippen LogP contribution >= 0.6 is 0 Å². The predicted molar refractivity (Wildman–Crippen MR) is 51.1 cm³/mol. The van der Waals surface area contributed by atoms with Crippen molar-refractivity contribution in [3.8, 4) is 5.75 Å². The Balaban J connectivity index is 2.07. The SMILES string of the molecule is COc1cccc2c1CC1NC1C2. The van der Waals surface area contributed by atoms with Gasteiger partial charge in [-0.2, -0.15) is 0 Å². The molecule has 1 aliphatic heterocycles. The third kappa shape index (κ3) is 1.05. The molecule has 13 heavy (non-hydrogen) atoms. The van der Waals surface area contributed by atoms with Crippen LogP contribution in [0.25, 0.3) is 0 Å². The molecule has 0 amide bonds. The molecule has 68 valence electrons. The van der Waals surface area contributed by atoms with Crippen LogP contribution in [0.3, 0.4) is 0 Å². The molecule has 1 heterocycles. The van der Waals surface area contributed by atoms with Gasteiger partial charge in [-0.1, -0.05) is 12.1 Å². The normalized spacial score (nSPS) is 29.0. The van der Waals surface area contributed by atoms with Gasteiger partial charge in [0.15, 0.2) is 0 Å². The van der Waals surface area contributed by atoms with E-state index in [0.717, 1.165) is 24.3 Å². The third-order valence-corrected chi connectivity index (χ3v) is 3.12. The van der Waals surface area contributed by atoms with Gasteiger partial charge in [-0.3, -0.25) is 0 Å². The second kappa shape index (κ2) is 2.48. The van der Waals surface area contributed by atoms with E-state index >= 15 is 0 Å². The molecule has 1 N–H and O–H groups in total. The molecule has 0 bridgehead atoms. The second-order valence-electron chi connectivity index (χ2n) is 3.89. The van der Waals surface area contributed by atoms with Gasteiger partial charge in [0.05, 0.1) is 7.11 Å². The smallest absolute Gasteiger partial charge is 0.122 e. The van der Waals surface area contributed by atoms with Crippen molar-refractivity contribution in [1.82, 2.24) is 5.32 Å². The van der Waals surface area contributed by atoms with Crippen molar-refractivity contribution in [3.05, 3.63) is 29.3 Å². The highest BCUT2D eigenvalue weighted by atomic mass is 16.5. The van der Waals surface area contributed by atoms with Gasteiger partial charge in [-0.15, -0.1) is 0 Å². The standard InChI is InChI=1S/C11H13NO/c1-13-11-4-2-3-7-5-9-10(12-9)6-8(7)11/h2-4,9-10,12H,5-6H2,1H3. The van der Waals surface area contributed by atoms with Crippen LogP contribution in [0.4, 0.5) is 0 Å². The minimum atomic E-state index is 0.726. The van der Waals surface area contributed by atoms with Crippen LogP contribution in [0.1, 0.15) is 11.1 Å². The monoisotopic (exact) mass is 175 g/mol. The molecule has 2 aliphatic rings. The average Bonchev–Trinajstić information content (AvgIpc) is 2.91. The molecule has 2 atom stereocenters. The zero-order valence-electron chi connectivity index (χ0n) is 7.71. The molecule has 0 radical (unpaired) electrons. The molecular weight excluding hydrogens is 162 g/mol. The van der Waals surface area contributed by atoms with Crippen molar-refractivity contribution < 1.29 is 4.74 Å². The van der Waals surface area contributed by atoms with Gasteiger partial charge in [0.25, 0.3) is 0 Å². The number of hydrogen-bond donors (Lipinski definition) is 1. The summed E-state index contributed by atoms with van der Waals surface area (Å²) in [6, 6.07) is 7.83. The molecule has 1 aromatic carbocycles. The highest BCUT2D eigenvalue weighted by Gasteiger charge is 2.40. The van der Waals surface area contributed by atoms with Crippen molar-refractivity contribution in [2.45, 2.75) is 24.9 Å². The Morgan fingerprint density at radius 1 is 1.31 bits per heavy atom. The average molecular weight is 175 g/mol. The van der Waals surface area contributed by atoms with E-state index in [0.29, 0.717) is 0 Å². The summed E-state index contributed by atoms with van der Waals surface area (Å²) in [5, 5.41) is 3.47. The first kappa shape index (κ1) is 7.39. The van der Waals surface area contributed by atoms with E-state index in [1.54, 1.807) is 7.11 Å². The maximum Gasteiger partial charge on any atom is 0.122 e. The molecule has 1 aliphatic carbocycles. The van der Waals surface area contributed by atoms with Gasteiger partial charge < -0.3 is 10.1 Å². The number of methoxy groups -OCH3 is 1. The fraction of sp³-hybridized carbons (Fsp3) is 0.455. The lowest BCUT2D eigenvalue weighted by molar-refractivity contribution is 0.407. The molecular formula is C11H13NO. The number of fused-ring (bicyclic) bond motifs is 2. The summed E-state index contributed by atoms with van der Waals surface area (Å²) in [5.74, 6) is 1.06. The zero-order chi connectivity index (χ0) is 8.84. The van der Waals surface area contributed by atoms with E-state index in [-0.39, 0.29) is 0 Å². The summed E-state index contributed by atoms with van der Waals surface area (Å²) in [6.45, 7) is 0. The Morgan fingerprint density at radius 2 is 2.15 bits per heavy atom. The fourth-order valence-corrected chi connectivity index (χ4v) is 2.30. The quantitative estimate of drug-likeness (QED) is 0.649. The lowest BCUT2D eigenvalue weighted by atomic mass is 9.91. The predicted octanol–water partition coefficient (Wildman–Crippen LogP) is 1.13. The Labute approximate surface area is 77.9 Å². The van der Waals surface area contributed by atoms with E-state index in [1.807, 2.05) is 0 Å². The minimum Gasteiger partial charge on any atom is -0.496 e. The highest BCUT2D eigenvalue weighted by Crippen LogP contribution is 2.34. The molecule has 1 saturated heterocycles. The first-order valence-electron chi connectivity index (χ1n) is 4.79. The summed E-state index contributed by atoms with van der Waals surface area (Å²) in [4.78, 5) is 0. The molecule has 1 fully saturated rings. The van der Waals surface area contributed by atoms with E-state index in [2.05, 4.69) is 23.5 Å². The first-order chi connectivity index (χ1) is 6.38. The lowest BCUT2D eigenvalue weighted by Gasteiger charge is -2.16. The Hall–Kier alpha value is -1.02. The topological polar surface area (TPSA) is 31.2 Å². The summed E-state index contributed by atoms with van der Waals surface area (Å²) >= 11 is 0. The van der Waals surface area contributed by atoms with Gasteiger partial charge >= 0.3 is 0 Å². The van der Waals surface area contributed by atoms with Crippen LogP contribution in [-0.4, -0.2) is 19.2 Å². The van der Waals surface area contributed by atoms with Crippen molar-refractivity contribution in [2.24, 2.45) is 0 Å². The van der Waals surface area contributed by atoms with Crippen molar-refractivity contribution in [3.63, 3.8) is 0 Å². The van der Waals surface area contributed by atoms with E-state index in [1.165, 1.54) is 17.5 Å². The molecule has 0 spiro atoms. The molecule has 2 nitrogen and oxygen atoms in total. The van der Waals surface area contributed by atoms with Crippen molar-refractivity contribution in [1.29, 1.82) is 0 Å². The number of hydrogen-bond acceptors (Lipinski definition) is 2. The van der Waals surface area contributed by atoms with Crippen molar-refractivity contribution >= 4 is 0 Å². The van der Waals surface area contributed by atoms with Crippen LogP contribution in [-0.2, 0) is 12.8 Å². The Morgan fingerprint density at radius 3 is 3.00 bits per heavy atom. The second-order valence-corrected chi connectivity index (χ2v) is 3.89. The van der Waals surface area contributed by atoms with Gasteiger partial charge in [-0.05, 0) is 30.0 Å². The molecule has 1 aromatic rings. The van der Waals surface area contributed by atoms with Gasteiger partial charge in [0, 0.05) is 12.1 Å². The summed E-state index contributed by atoms with van der Waals surface area (Å²) in [5.41, 5.74) is 2.88. The molecule has 0 saturated carbocycles. The maximum atomic E-state index is 5.35. The molecule has 2 heteroatoms. The number of ether oxygens (including phenoxy) is 1. The number of rotatable bonds is 1. The van der Waals surface area contributed by atoms with Crippen molar-refractivity contribution in [2.75, 3.05) is 7.11 Å². The molecule has 0 aromatic heterocycles. The minimum absolute atomic E-state index is 0.726. The van der Waals surface area contributed by atoms with Gasteiger partial charge in [0.2, 0.25) is 0 Å². The van der Waals surface area contributed by atoms with E-state index in [9.17, 15) is 0 Å². The van der Waals surface area contributed by atoms with Crippen LogP contribution in [0.2, 0.25) is 0 Å². The number of benzene rings is 1. The van der Waals surface area contributed by atoms with E-state index in [4.69, 9.17) is 4.74 Å².